The molecule has 0 spiro atoms. The minimum atomic E-state index is -2.39. The van der Waals surface area contributed by atoms with Crippen LogP contribution in [0.5, 0.6) is 0 Å². The normalized spacial score (nSPS) is 11.5. The van der Waals surface area contributed by atoms with Crippen molar-refractivity contribution < 1.29 is 4.42 Å². The van der Waals surface area contributed by atoms with E-state index in [0.717, 1.165) is 21.8 Å². The maximum atomic E-state index is 6.59. The minimum absolute atomic E-state index is 0.504. The Bertz CT molecular complexity index is 1330. The summed E-state index contributed by atoms with van der Waals surface area (Å²) in [4.78, 5) is 5.23. The van der Waals surface area contributed by atoms with Crippen molar-refractivity contribution in [1.82, 2.24) is 4.98 Å². The summed E-state index contributed by atoms with van der Waals surface area (Å²) in [7, 11) is -2.39. The Hall–Kier alpha value is -2.55. The molecule has 35 heavy (non-hydrogen) atoms. The van der Waals surface area contributed by atoms with Crippen molar-refractivity contribution in [2.75, 3.05) is 5.75 Å². The highest BCUT2D eigenvalue weighted by Crippen LogP contribution is 2.56. The number of halogens is 2. The minimum Gasteiger partial charge on any atom is -0.425 e. The topological polar surface area (TPSA) is 26.0 Å². The van der Waals surface area contributed by atoms with Crippen LogP contribution < -0.4 is 21.3 Å². The number of thioether (sulfide) groups is 1. The molecule has 4 aromatic carbocycles. The van der Waals surface area contributed by atoms with E-state index in [1.165, 1.54) is 15.9 Å². The number of hydrogen-bond acceptors (Lipinski definition) is 3. The molecule has 0 fully saturated rings. The lowest BCUT2D eigenvalue weighted by Gasteiger charge is -2.25. The van der Waals surface area contributed by atoms with Gasteiger partial charge in [-0.2, -0.15) is 4.98 Å². The Morgan fingerprint density at radius 1 is 0.743 bits per heavy atom. The molecule has 0 aliphatic heterocycles. The molecule has 0 saturated heterocycles. The zero-order valence-electron chi connectivity index (χ0n) is 19.1. The van der Waals surface area contributed by atoms with Gasteiger partial charge in [-0.3, -0.25) is 0 Å². The molecular weight excluding hydrogens is 512 g/mol. The first-order chi connectivity index (χ1) is 17.1. The smallest absolute Gasteiger partial charge is 0.251 e. The molecule has 0 radical (unpaired) electrons. The molecule has 1 aromatic heterocycles. The van der Waals surface area contributed by atoms with Gasteiger partial charge < -0.3 is 4.42 Å². The molecule has 2 nitrogen and oxygen atoms in total. The maximum absolute atomic E-state index is 6.59. The zero-order valence-corrected chi connectivity index (χ0v) is 22.3. The third-order valence-electron chi connectivity index (χ3n) is 5.76. The Balaban J connectivity index is 1.88. The number of hydrogen-bond donors (Lipinski definition) is 0. The van der Waals surface area contributed by atoms with Gasteiger partial charge in [0, 0.05) is 5.02 Å². The van der Waals surface area contributed by atoms with Gasteiger partial charge in [0.05, 0.1) is 10.6 Å². The second-order valence-corrected chi connectivity index (χ2v) is 13.3. The van der Waals surface area contributed by atoms with Crippen LogP contribution in [0.3, 0.4) is 0 Å². The monoisotopic (exact) mass is 534 g/mol. The van der Waals surface area contributed by atoms with Crippen LogP contribution in [0.25, 0.3) is 11.5 Å². The van der Waals surface area contributed by atoms with Crippen molar-refractivity contribution in [2.45, 2.75) is 12.0 Å². The first-order valence-corrected chi connectivity index (χ1v) is 14.8. The van der Waals surface area contributed by atoms with E-state index >= 15 is 0 Å². The van der Waals surface area contributed by atoms with E-state index in [2.05, 4.69) is 97.9 Å². The number of oxazole rings is 1. The van der Waals surface area contributed by atoms with Gasteiger partial charge in [0.2, 0.25) is 11.0 Å². The van der Waals surface area contributed by atoms with Gasteiger partial charge in [-0.05, 0) is 60.4 Å². The quantitative estimate of drug-likeness (QED) is 0.161. The van der Waals surface area contributed by atoms with E-state index in [1.807, 2.05) is 12.1 Å². The lowest BCUT2D eigenvalue weighted by Crippen LogP contribution is -2.40. The Kier molecular flexibility index (Phi) is 7.32. The van der Waals surface area contributed by atoms with E-state index in [-0.39, 0.29) is 0 Å². The number of nitrogens with zero attached hydrogens (tertiary/aromatic N) is 1. The SMILES string of the molecule is CCSc1oc(-c2ccc(Cl)cc2Cl)nc1[P+](c1ccccc1)(c1ccccc1)c1ccccc1. The second kappa shape index (κ2) is 10.6. The van der Waals surface area contributed by atoms with Gasteiger partial charge in [0.1, 0.15) is 15.9 Å². The summed E-state index contributed by atoms with van der Waals surface area (Å²) in [6, 6.07) is 37.4. The van der Waals surface area contributed by atoms with Crippen molar-refractivity contribution >= 4 is 63.6 Å². The third-order valence-corrected chi connectivity index (χ3v) is 11.4. The predicted octanol–water partition coefficient (Wildman–Crippen LogP) is 7.38. The Morgan fingerprint density at radius 2 is 1.26 bits per heavy atom. The molecule has 0 unspecified atom stereocenters. The molecule has 0 N–H and O–H groups in total. The largest absolute Gasteiger partial charge is 0.425 e. The number of benzene rings is 4. The molecule has 6 heteroatoms. The van der Waals surface area contributed by atoms with Gasteiger partial charge >= 0.3 is 0 Å². The lowest BCUT2D eigenvalue weighted by molar-refractivity contribution is 0.487. The summed E-state index contributed by atoms with van der Waals surface area (Å²) in [6.45, 7) is 2.12. The highest BCUT2D eigenvalue weighted by atomic mass is 35.5. The molecule has 0 amide bonds. The average Bonchev–Trinajstić information content (AvgIpc) is 3.30. The molecule has 0 aliphatic rings. The van der Waals surface area contributed by atoms with Crippen molar-refractivity contribution in [3.63, 3.8) is 0 Å². The van der Waals surface area contributed by atoms with Gasteiger partial charge in [0.15, 0.2) is 7.26 Å². The summed E-state index contributed by atoms with van der Waals surface area (Å²) >= 11 is 14.4. The molecule has 0 saturated carbocycles. The van der Waals surface area contributed by atoms with Crippen LogP contribution in [0.4, 0.5) is 0 Å². The average molecular weight is 535 g/mol. The standard InChI is InChI=1S/C29H23Cl2NOPS/c1-2-35-29-28(32-27(33-29)25-19-18-21(30)20-26(25)31)34(22-12-6-3-7-13-22,23-14-8-4-9-15-23)24-16-10-5-11-17-24/h3-20H,2H2,1H3/q+1. The predicted molar refractivity (Wildman–Crippen MR) is 153 cm³/mol. The van der Waals surface area contributed by atoms with Crippen molar-refractivity contribution in [3.8, 4) is 11.5 Å². The fraction of sp³-hybridized carbons (Fsp3) is 0.0690. The van der Waals surface area contributed by atoms with Crippen molar-refractivity contribution in [3.05, 3.63) is 119 Å². The lowest BCUT2D eigenvalue weighted by atomic mass is 10.2. The Morgan fingerprint density at radius 3 is 1.71 bits per heavy atom. The fourth-order valence-corrected chi connectivity index (χ4v) is 10.00. The number of aromatic nitrogens is 1. The van der Waals surface area contributed by atoms with E-state index < -0.39 is 7.26 Å². The molecular formula is C29H23Cl2NOPS+. The van der Waals surface area contributed by atoms with Crippen LogP contribution in [0.15, 0.2) is 119 Å². The van der Waals surface area contributed by atoms with Crippen LogP contribution in [-0.4, -0.2) is 10.7 Å². The van der Waals surface area contributed by atoms with Gasteiger partial charge in [0.25, 0.3) is 5.44 Å². The van der Waals surface area contributed by atoms with Crippen LogP contribution >= 0.6 is 42.2 Å². The molecule has 0 atom stereocenters. The summed E-state index contributed by atoms with van der Waals surface area (Å²) < 4.78 is 6.48. The number of rotatable bonds is 7. The van der Waals surface area contributed by atoms with E-state index in [1.54, 1.807) is 17.8 Å². The van der Waals surface area contributed by atoms with E-state index in [9.17, 15) is 0 Å². The van der Waals surface area contributed by atoms with E-state index in [4.69, 9.17) is 32.6 Å². The van der Waals surface area contributed by atoms with Crippen LogP contribution in [-0.2, 0) is 0 Å². The first-order valence-electron chi connectivity index (χ1n) is 11.3. The molecule has 0 aliphatic carbocycles. The second-order valence-electron chi connectivity index (χ2n) is 7.86. The third kappa shape index (κ3) is 4.55. The summed E-state index contributed by atoms with van der Waals surface area (Å²) in [5.41, 5.74) is 1.68. The van der Waals surface area contributed by atoms with Crippen molar-refractivity contribution in [2.24, 2.45) is 0 Å². The van der Waals surface area contributed by atoms with Gasteiger partial charge in [-0.15, -0.1) is 0 Å². The molecule has 5 aromatic rings. The highest BCUT2D eigenvalue weighted by molar-refractivity contribution is 8.04. The summed E-state index contributed by atoms with van der Waals surface area (Å²) in [6.07, 6.45) is 0. The summed E-state index contributed by atoms with van der Waals surface area (Å²) in [5, 5.41) is 5.57. The van der Waals surface area contributed by atoms with Crippen LogP contribution in [0, 0.1) is 0 Å². The zero-order chi connectivity index (χ0) is 24.3. The molecule has 0 bridgehead atoms. The van der Waals surface area contributed by atoms with Gasteiger partial charge in [-0.1, -0.05) is 96.5 Å². The fourth-order valence-electron chi connectivity index (χ4n) is 4.28. The van der Waals surface area contributed by atoms with Crippen LogP contribution in [0.2, 0.25) is 10.0 Å². The van der Waals surface area contributed by atoms with Crippen molar-refractivity contribution in [1.29, 1.82) is 0 Å². The first kappa shape index (κ1) is 24.2. The molecule has 1 heterocycles. The Labute approximate surface area is 220 Å². The molecule has 5 rings (SSSR count). The molecule has 174 valence electrons. The highest BCUT2D eigenvalue weighted by Gasteiger charge is 2.52. The maximum Gasteiger partial charge on any atom is 0.251 e. The van der Waals surface area contributed by atoms with Gasteiger partial charge in [-0.25, -0.2) is 0 Å². The summed E-state index contributed by atoms with van der Waals surface area (Å²) in [5.74, 6) is 1.36. The van der Waals surface area contributed by atoms with E-state index in [0.29, 0.717) is 15.9 Å². The van der Waals surface area contributed by atoms with Crippen LogP contribution in [0.1, 0.15) is 6.92 Å².